The number of carbonyl (C=O) groups is 1. The van der Waals surface area contributed by atoms with E-state index < -0.39 is 0 Å². The lowest BCUT2D eigenvalue weighted by Crippen LogP contribution is -2.18. The second-order valence-electron chi connectivity index (χ2n) is 7.63. The highest BCUT2D eigenvalue weighted by atomic mass is 35.5. The molecule has 0 aromatic carbocycles. The van der Waals surface area contributed by atoms with Crippen molar-refractivity contribution in [3.63, 3.8) is 0 Å². The Morgan fingerprint density at radius 2 is 2.21 bits per heavy atom. The summed E-state index contributed by atoms with van der Waals surface area (Å²) in [6.07, 6.45) is 9.52. The van der Waals surface area contributed by atoms with E-state index in [2.05, 4.69) is 20.4 Å². The summed E-state index contributed by atoms with van der Waals surface area (Å²) in [5, 5.41) is 9.14. The molecular formula is C20H21ClN6O2. The van der Waals surface area contributed by atoms with Crippen LogP contribution in [0.4, 0.5) is 11.6 Å². The summed E-state index contributed by atoms with van der Waals surface area (Å²) in [6.45, 7) is 0.778. The average molecular weight is 413 g/mol. The molecule has 3 aromatic rings. The number of halogens is 1. The number of nitrogen functional groups attached to an aromatic ring is 1. The molecule has 1 aliphatic carbocycles. The molecule has 8 nitrogen and oxygen atoms in total. The second-order valence-corrected chi connectivity index (χ2v) is 8.02. The molecule has 1 aliphatic heterocycles. The minimum atomic E-state index is -0.0801. The fraction of sp³-hybridized carbons (Fsp3) is 0.400. The van der Waals surface area contributed by atoms with Crippen LogP contribution in [0.1, 0.15) is 43.4 Å². The van der Waals surface area contributed by atoms with Gasteiger partial charge in [0.2, 0.25) is 5.91 Å². The molecule has 3 N–H and O–H groups in total. The maximum Gasteiger partial charge on any atom is 0.229 e. The third-order valence-electron chi connectivity index (χ3n) is 5.59. The van der Waals surface area contributed by atoms with E-state index >= 15 is 0 Å². The molecule has 1 saturated heterocycles. The van der Waals surface area contributed by atoms with Crippen molar-refractivity contribution in [3.05, 3.63) is 41.4 Å². The Hall–Kier alpha value is -2.71. The number of anilines is 2. The van der Waals surface area contributed by atoms with Crippen molar-refractivity contribution in [1.82, 2.24) is 19.7 Å². The molecular weight excluding hydrogens is 392 g/mol. The zero-order valence-corrected chi connectivity index (χ0v) is 16.5. The maximum atomic E-state index is 12.7. The van der Waals surface area contributed by atoms with Crippen LogP contribution in [-0.2, 0) is 9.53 Å². The molecule has 1 amide bonds. The van der Waals surface area contributed by atoms with E-state index in [1.165, 1.54) is 0 Å². The van der Waals surface area contributed by atoms with Crippen LogP contribution in [0.2, 0.25) is 5.15 Å². The topological polar surface area (TPSA) is 108 Å². The van der Waals surface area contributed by atoms with E-state index in [0.29, 0.717) is 22.2 Å². The Kier molecular flexibility index (Phi) is 4.60. The fourth-order valence-corrected chi connectivity index (χ4v) is 4.12. The molecule has 0 bridgehead atoms. The number of amides is 1. The van der Waals surface area contributed by atoms with E-state index in [1.54, 1.807) is 18.3 Å². The molecule has 5 rings (SSSR count). The average Bonchev–Trinajstić information content (AvgIpc) is 3.37. The van der Waals surface area contributed by atoms with E-state index in [9.17, 15) is 4.79 Å². The number of carbonyl (C=O) groups excluding carboxylic acids is 1. The molecule has 1 saturated carbocycles. The number of nitrogens with zero attached hydrogens (tertiary/aromatic N) is 4. The van der Waals surface area contributed by atoms with Crippen LogP contribution < -0.4 is 11.1 Å². The molecule has 9 heteroatoms. The number of nitrogens with one attached hydrogen (secondary N) is 1. The zero-order chi connectivity index (χ0) is 20.0. The van der Waals surface area contributed by atoms with E-state index in [4.69, 9.17) is 22.1 Å². The van der Waals surface area contributed by atoms with Gasteiger partial charge in [0, 0.05) is 30.3 Å². The molecule has 0 radical (unpaired) electrons. The minimum absolute atomic E-state index is 0.0130. The van der Waals surface area contributed by atoms with Gasteiger partial charge >= 0.3 is 0 Å². The fourth-order valence-electron chi connectivity index (χ4n) is 3.91. The molecule has 3 aromatic heterocycles. The Bertz CT molecular complexity index is 1080. The first-order chi connectivity index (χ1) is 14.1. The molecule has 0 spiro atoms. The van der Waals surface area contributed by atoms with Crippen LogP contribution in [0.15, 0.2) is 30.7 Å². The summed E-state index contributed by atoms with van der Waals surface area (Å²) in [7, 11) is 0. The minimum Gasteiger partial charge on any atom is -0.383 e. The monoisotopic (exact) mass is 412 g/mol. The number of pyridine rings is 2. The van der Waals surface area contributed by atoms with Crippen LogP contribution in [-0.4, -0.2) is 32.3 Å². The van der Waals surface area contributed by atoms with Crippen LogP contribution in [0.5, 0.6) is 0 Å². The van der Waals surface area contributed by atoms with E-state index in [-0.39, 0.29) is 24.0 Å². The van der Waals surface area contributed by atoms with Gasteiger partial charge in [-0.3, -0.25) is 4.79 Å². The van der Waals surface area contributed by atoms with Crippen LogP contribution in [0.3, 0.4) is 0 Å². The van der Waals surface area contributed by atoms with Gasteiger partial charge in [-0.25, -0.2) is 14.6 Å². The summed E-state index contributed by atoms with van der Waals surface area (Å²) in [5.41, 5.74) is 6.95. The van der Waals surface area contributed by atoms with Crippen molar-refractivity contribution in [1.29, 1.82) is 0 Å². The highest BCUT2D eigenvalue weighted by Gasteiger charge is 2.45. The van der Waals surface area contributed by atoms with Gasteiger partial charge < -0.3 is 15.8 Å². The van der Waals surface area contributed by atoms with Gasteiger partial charge in [-0.2, -0.15) is 5.10 Å². The Morgan fingerprint density at radius 1 is 1.31 bits per heavy atom. The van der Waals surface area contributed by atoms with Gasteiger partial charge in [0.15, 0.2) is 0 Å². The smallest absolute Gasteiger partial charge is 0.229 e. The first kappa shape index (κ1) is 18.3. The van der Waals surface area contributed by atoms with Gasteiger partial charge in [-0.15, -0.1) is 0 Å². The van der Waals surface area contributed by atoms with E-state index in [1.807, 2.05) is 17.1 Å². The number of rotatable bonds is 4. The highest BCUT2D eigenvalue weighted by molar-refractivity contribution is 6.30. The van der Waals surface area contributed by atoms with Crippen molar-refractivity contribution in [3.8, 4) is 0 Å². The van der Waals surface area contributed by atoms with E-state index in [0.717, 1.165) is 43.2 Å². The summed E-state index contributed by atoms with van der Waals surface area (Å²) in [4.78, 5) is 21.0. The first-order valence-electron chi connectivity index (χ1n) is 9.77. The predicted molar refractivity (Wildman–Crippen MR) is 110 cm³/mol. The van der Waals surface area contributed by atoms with Crippen molar-refractivity contribution in [2.45, 2.75) is 37.8 Å². The molecule has 150 valence electrons. The van der Waals surface area contributed by atoms with Crippen molar-refractivity contribution in [2.75, 3.05) is 17.7 Å². The standard InChI is InChI=1S/C20H21ClN6O2/c21-16-5-11-6-17(23-9-15(11)19(22)25-16)26-20(28)14-7-13(14)12-8-24-27(10-12)18-3-1-2-4-29-18/h5-6,8-10,13-14,18H,1-4,7H2,(H2,22,25)(H,23,26,28)/t13-,14+,18?/m0/s1. The SMILES string of the molecule is Nc1nc(Cl)cc2cc(NC(=O)[C@@H]3C[C@H]3c3cnn(C4CCCCO4)c3)ncc12. The molecule has 4 heterocycles. The Labute approximate surface area is 172 Å². The van der Waals surface area contributed by atoms with Crippen LogP contribution in [0, 0.1) is 5.92 Å². The Morgan fingerprint density at radius 3 is 3.03 bits per heavy atom. The summed E-state index contributed by atoms with van der Waals surface area (Å²) in [6, 6.07) is 3.46. The number of hydrogen-bond acceptors (Lipinski definition) is 6. The molecule has 2 aliphatic rings. The highest BCUT2D eigenvalue weighted by Crippen LogP contribution is 2.48. The molecule has 1 unspecified atom stereocenters. The van der Waals surface area contributed by atoms with Crippen molar-refractivity contribution >= 4 is 39.9 Å². The predicted octanol–water partition coefficient (Wildman–Crippen LogP) is 3.50. The van der Waals surface area contributed by atoms with Gasteiger partial charge in [0.05, 0.1) is 6.20 Å². The molecule has 2 fully saturated rings. The Balaban J connectivity index is 1.26. The maximum absolute atomic E-state index is 12.7. The summed E-state index contributed by atoms with van der Waals surface area (Å²) < 4.78 is 7.66. The number of aromatic nitrogens is 4. The summed E-state index contributed by atoms with van der Waals surface area (Å²) >= 11 is 5.97. The van der Waals surface area contributed by atoms with Gasteiger partial charge in [-0.1, -0.05) is 11.6 Å². The lowest BCUT2D eigenvalue weighted by Gasteiger charge is -2.22. The normalized spacial score (nSPS) is 23.8. The van der Waals surface area contributed by atoms with Gasteiger partial charge in [0.25, 0.3) is 0 Å². The number of nitrogens with two attached hydrogens (primary N) is 1. The molecule has 3 atom stereocenters. The lowest BCUT2D eigenvalue weighted by molar-refractivity contribution is -0.117. The first-order valence-corrected chi connectivity index (χ1v) is 10.1. The zero-order valence-electron chi connectivity index (χ0n) is 15.7. The van der Waals surface area contributed by atoms with Crippen LogP contribution >= 0.6 is 11.6 Å². The molecule has 29 heavy (non-hydrogen) atoms. The number of hydrogen-bond donors (Lipinski definition) is 2. The van der Waals surface area contributed by atoms with Gasteiger partial charge in [0.1, 0.15) is 23.0 Å². The number of ether oxygens (including phenoxy) is 1. The summed E-state index contributed by atoms with van der Waals surface area (Å²) in [5.74, 6) is 0.849. The lowest BCUT2D eigenvalue weighted by atomic mass is 10.1. The van der Waals surface area contributed by atoms with Crippen LogP contribution in [0.25, 0.3) is 10.8 Å². The number of fused-ring (bicyclic) bond motifs is 1. The van der Waals surface area contributed by atoms with Crippen molar-refractivity contribution in [2.24, 2.45) is 5.92 Å². The third-order valence-corrected chi connectivity index (χ3v) is 5.79. The quantitative estimate of drug-likeness (QED) is 0.635. The second kappa shape index (κ2) is 7.27. The van der Waals surface area contributed by atoms with Crippen molar-refractivity contribution < 1.29 is 9.53 Å². The third kappa shape index (κ3) is 3.65. The largest absolute Gasteiger partial charge is 0.383 e. The van der Waals surface area contributed by atoms with Gasteiger partial charge in [-0.05, 0) is 54.7 Å².